The molecule has 0 aliphatic carbocycles. The summed E-state index contributed by atoms with van der Waals surface area (Å²) >= 11 is 0. The average molecular weight is 356 g/mol. The van der Waals surface area contributed by atoms with Crippen molar-refractivity contribution in [3.63, 3.8) is 0 Å². The van der Waals surface area contributed by atoms with Gasteiger partial charge in [-0.2, -0.15) is 0 Å². The van der Waals surface area contributed by atoms with Gasteiger partial charge in [-0.1, -0.05) is 18.2 Å². The second-order valence-corrected chi connectivity index (χ2v) is 6.97. The summed E-state index contributed by atoms with van der Waals surface area (Å²) in [7, 11) is 1.78. The maximum atomic E-state index is 12.8. The second kappa shape index (κ2) is 6.82. The van der Waals surface area contributed by atoms with Crippen LogP contribution >= 0.6 is 0 Å². The van der Waals surface area contributed by atoms with Gasteiger partial charge in [0.15, 0.2) is 0 Å². The highest BCUT2D eigenvalue weighted by atomic mass is 16.2. The fourth-order valence-electron chi connectivity index (χ4n) is 3.34. The van der Waals surface area contributed by atoms with E-state index in [0.29, 0.717) is 12.2 Å². The van der Waals surface area contributed by atoms with E-state index in [1.54, 1.807) is 23.6 Å². The molecule has 2 heterocycles. The number of carbonyl (C=O) groups excluding carboxylic acids is 2. The maximum absolute atomic E-state index is 12.8. The van der Waals surface area contributed by atoms with Crippen LogP contribution in [0.5, 0.6) is 0 Å². The van der Waals surface area contributed by atoms with Crippen molar-refractivity contribution < 1.29 is 9.59 Å². The predicted molar refractivity (Wildman–Crippen MR) is 99.3 cm³/mol. The summed E-state index contributed by atoms with van der Waals surface area (Å²) in [6.07, 6.45) is 0.183. The Morgan fingerprint density at radius 3 is 2.42 bits per heavy atom. The minimum Gasteiger partial charge on any atom is -0.339 e. The molecule has 7 heteroatoms. The number of benzene rings is 1. The lowest BCUT2D eigenvalue weighted by molar-refractivity contribution is -0.129. The minimum atomic E-state index is -0.436. The molecule has 1 fully saturated rings. The van der Waals surface area contributed by atoms with E-state index in [0.717, 1.165) is 5.69 Å². The normalized spacial score (nSPS) is 17.2. The molecule has 1 unspecified atom stereocenters. The fourth-order valence-corrected chi connectivity index (χ4v) is 3.34. The van der Waals surface area contributed by atoms with Gasteiger partial charge in [0, 0.05) is 26.1 Å². The van der Waals surface area contributed by atoms with E-state index in [-0.39, 0.29) is 35.5 Å². The Hall–Kier alpha value is -2.83. The van der Waals surface area contributed by atoms with Gasteiger partial charge in [0.05, 0.1) is 17.3 Å². The Morgan fingerprint density at radius 1 is 1.19 bits per heavy atom. The van der Waals surface area contributed by atoms with Crippen LogP contribution in [0, 0.1) is 12.8 Å². The molecule has 0 bridgehead atoms. The lowest BCUT2D eigenvalue weighted by Gasteiger charge is -2.20. The number of nitrogens with one attached hydrogen (secondary N) is 1. The van der Waals surface area contributed by atoms with Crippen LogP contribution in [0.1, 0.15) is 26.0 Å². The van der Waals surface area contributed by atoms with Gasteiger partial charge in [0.2, 0.25) is 11.8 Å². The Balaban J connectivity index is 1.86. The molecule has 1 saturated heterocycles. The van der Waals surface area contributed by atoms with E-state index < -0.39 is 5.92 Å². The summed E-state index contributed by atoms with van der Waals surface area (Å²) in [6, 6.07) is 9.32. The Labute approximate surface area is 152 Å². The first-order valence-corrected chi connectivity index (χ1v) is 8.75. The third-order valence-corrected chi connectivity index (χ3v) is 4.95. The molecule has 1 atom stereocenters. The zero-order chi connectivity index (χ0) is 19.0. The first kappa shape index (κ1) is 18.0. The zero-order valence-corrected chi connectivity index (χ0v) is 15.5. The maximum Gasteiger partial charge on any atom is 0.295 e. The third kappa shape index (κ3) is 3.05. The Morgan fingerprint density at radius 2 is 1.85 bits per heavy atom. The van der Waals surface area contributed by atoms with E-state index in [4.69, 9.17) is 0 Å². The van der Waals surface area contributed by atoms with Crippen molar-refractivity contribution in [3.8, 4) is 5.69 Å². The van der Waals surface area contributed by atoms with Crippen molar-refractivity contribution in [1.82, 2.24) is 14.3 Å². The smallest absolute Gasteiger partial charge is 0.295 e. The van der Waals surface area contributed by atoms with Gasteiger partial charge in [-0.3, -0.25) is 19.1 Å². The summed E-state index contributed by atoms with van der Waals surface area (Å²) in [5.41, 5.74) is 1.37. The topological polar surface area (TPSA) is 76.3 Å². The van der Waals surface area contributed by atoms with Crippen LogP contribution in [0.2, 0.25) is 0 Å². The van der Waals surface area contributed by atoms with Crippen molar-refractivity contribution in [1.29, 1.82) is 0 Å². The molecule has 1 N–H and O–H groups in total. The van der Waals surface area contributed by atoms with Crippen molar-refractivity contribution in [2.45, 2.75) is 33.2 Å². The van der Waals surface area contributed by atoms with E-state index in [2.05, 4.69) is 5.32 Å². The van der Waals surface area contributed by atoms with Crippen LogP contribution in [0.4, 0.5) is 5.69 Å². The number of anilines is 1. The number of aromatic nitrogens is 2. The molecule has 2 amide bonds. The number of amides is 2. The van der Waals surface area contributed by atoms with Crippen molar-refractivity contribution >= 4 is 17.5 Å². The molecule has 0 radical (unpaired) electrons. The van der Waals surface area contributed by atoms with Gasteiger partial charge >= 0.3 is 0 Å². The highest BCUT2D eigenvalue weighted by Gasteiger charge is 2.36. The molecule has 138 valence electrons. The van der Waals surface area contributed by atoms with Crippen LogP contribution in [0.15, 0.2) is 35.1 Å². The van der Waals surface area contributed by atoms with E-state index in [1.165, 1.54) is 4.68 Å². The van der Waals surface area contributed by atoms with Gasteiger partial charge in [-0.05, 0) is 32.9 Å². The second-order valence-electron chi connectivity index (χ2n) is 6.97. The van der Waals surface area contributed by atoms with E-state index >= 15 is 0 Å². The van der Waals surface area contributed by atoms with Gasteiger partial charge in [0.25, 0.3) is 5.56 Å². The Bertz CT molecular complexity index is 895. The summed E-state index contributed by atoms with van der Waals surface area (Å²) in [5, 5.41) is 2.76. The fraction of sp³-hybridized carbons (Fsp3) is 0.421. The number of rotatable bonds is 4. The van der Waals surface area contributed by atoms with Crippen molar-refractivity contribution in [2.75, 3.05) is 11.9 Å². The Kier molecular flexibility index (Phi) is 4.71. The van der Waals surface area contributed by atoms with Crippen LogP contribution in [-0.2, 0) is 16.6 Å². The lowest BCUT2D eigenvalue weighted by atomic mass is 10.1. The lowest BCUT2D eigenvalue weighted by Crippen LogP contribution is -2.34. The van der Waals surface area contributed by atoms with E-state index in [1.807, 2.05) is 44.2 Å². The van der Waals surface area contributed by atoms with Gasteiger partial charge in [-0.25, -0.2) is 4.68 Å². The number of hydrogen-bond acceptors (Lipinski definition) is 3. The summed E-state index contributed by atoms with van der Waals surface area (Å²) in [5.74, 6) is -0.742. The molecule has 0 spiro atoms. The number of hydrogen-bond donors (Lipinski definition) is 1. The van der Waals surface area contributed by atoms with Gasteiger partial charge in [-0.15, -0.1) is 0 Å². The largest absolute Gasteiger partial charge is 0.339 e. The number of carbonyl (C=O) groups is 2. The zero-order valence-electron chi connectivity index (χ0n) is 15.5. The molecule has 7 nitrogen and oxygen atoms in total. The van der Waals surface area contributed by atoms with Gasteiger partial charge < -0.3 is 10.2 Å². The van der Waals surface area contributed by atoms with Crippen molar-refractivity contribution in [2.24, 2.45) is 13.0 Å². The van der Waals surface area contributed by atoms with Crippen LogP contribution in [0.25, 0.3) is 5.69 Å². The SMILES string of the molecule is Cc1c(NC(=O)C2CC(=O)N(C(C)C)C2)c(=O)n(-c2ccccc2)n1C. The molecule has 26 heavy (non-hydrogen) atoms. The van der Waals surface area contributed by atoms with Crippen molar-refractivity contribution in [3.05, 3.63) is 46.4 Å². The average Bonchev–Trinajstić information content (AvgIpc) is 3.10. The quantitative estimate of drug-likeness (QED) is 0.905. The van der Waals surface area contributed by atoms with Crippen LogP contribution in [-0.4, -0.2) is 38.7 Å². The van der Waals surface area contributed by atoms with E-state index in [9.17, 15) is 14.4 Å². The standard InChI is InChI=1S/C19H24N4O3/c1-12(2)22-11-14(10-16(22)24)18(25)20-17-13(3)21(4)23(19(17)26)15-8-6-5-7-9-15/h5-9,12,14H,10-11H2,1-4H3,(H,20,25). The number of likely N-dealkylation sites (tertiary alicyclic amines) is 1. The summed E-state index contributed by atoms with van der Waals surface area (Å²) in [6.45, 7) is 6.04. The molecule has 0 saturated carbocycles. The predicted octanol–water partition coefficient (Wildman–Crippen LogP) is 1.68. The number of para-hydroxylation sites is 1. The summed E-state index contributed by atoms with van der Waals surface area (Å²) in [4.78, 5) is 39.2. The van der Waals surface area contributed by atoms with Crippen LogP contribution in [0.3, 0.4) is 0 Å². The van der Waals surface area contributed by atoms with Gasteiger partial charge in [0.1, 0.15) is 5.69 Å². The molecular formula is C19H24N4O3. The minimum absolute atomic E-state index is 0.0216. The highest BCUT2D eigenvalue weighted by Crippen LogP contribution is 2.22. The molecule has 1 aliphatic rings. The third-order valence-electron chi connectivity index (χ3n) is 4.95. The molecule has 1 aromatic carbocycles. The molecule has 3 rings (SSSR count). The first-order chi connectivity index (χ1) is 12.3. The monoisotopic (exact) mass is 356 g/mol. The molecule has 2 aromatic rings. The summed E-state index contributed by atoms with van der Waals surface area (Å²) < 4.78 is 3.23. The first-order valence-electron chi connectivity index (χ1n) is 8.75. The number of nitrogens with zero attached hydrogens (tertiary/aromatic N) is 3. The van der Waals surface area contributed by atoms with Crippen LogP contribution < -0.4 is 10.9 Å². The molecule has 1 aliphatic heterocycles. The molecule has 1 aromatic heterocycles. The highest BCUT2D eigenvalue weighted by molar-refractivity contribution is 5.97. The molecular weight excluding hydrogens is 332 g/mol.